The van der Waals surface area contributed by atoms with Crippen molar-refractivity contribution >= 4 is 17.3 Å². The molecule has 0 saturated carbocycles. The minimum absolute atomic E-state index is 0.186. The van der Waals surface area contributed by atoms with Gasteiger partial charge in [-0.25, -0.2) is 9.37 Å². The molecule has 2 N–H and O–H groups in total. The number of aromatic nitrogens is 1. The molecule has 0 atom stereocenters. The van der Waals surface area contributed by atoms with Crippen LogP contribution in [0.25, 0.3) is 11.3 Å². The Bertz CT molecular complexity index is 890. The number of thiazole rings is 1. The molecule has 1 aromatic heterocycles. The number of aliphatic imine (C=N–C) groups is 1. The van der Waals surface area contributed by atoms with Gasteiger partial charge in [-0.1, -0.05) is 42.5 Å². The molecule has 26 heavy (non-hydrogen) atoms. The number of aryl methyl sites for hydroxylation is 1. The van der Waals surface area contributed by atoms with Crippen molar-refractivity contribution in [1.29, 1.82) is 0 Å². The van der Waals surface area contributed by atoms with E-state index in [1.165, 1.54) is 6.07 Å². The Hall–Kier alpha value is -2.73. The van der Waals surface area contributed by atoms with E-state index in [1.54, 1.807) is 31.4 Å². The van der Waals surface area contributed by atoms with Crippen molar-refractivity contribution in [3.05, 3.63) is 75.9 Å². The molecule has 3 rings (SSSR count). The van der Waals surface area contributed by atoms with E-state index in [4.69, 9.17) is 0 Å². The molecule has 0 aliphatic rings. The van der Waals surface area contributed by atoms with Gasteiger partial charge in [-0.2, -0.15) is 0 Å². The Labute approximate surface area is 156 Å². The average molecular weight is 368 g/mol. The van der Waals surface area contributed by atoms with Gasteiger partial charge in [0.25, 0.3) is 0 Å². The van der Waals surface area contributed by atoms with Gasteiger partial charge in [-0.15, -0.1) is 11.3 Å². The van der Waals surface area contributed by atoms with Crippen LogP contribution in [0.4, 0.5) is 4.39 Å². The monoisotopic (exact) mass is 368 g/mol. The van der Waals surface area contributed by atoms with Crippen LogP contribution < -0.4 is 10.6 Å². The SMILES string of the molecule is CN=C(NCc1ccc(F)c(C)c1)NCc1nc(-c2ccccc2)cs1. The maximum absolute atomic E-state index is 13.3. The number of hydrogen-bond acceptors (Lipinski definition) is 3. The topological polar surface area (TPSA) is 49.3 Å². The normalized spacial score (nSPS) is 11.4. The predicted octanol–water partition coefficient (Wildman–Crippen LogP) is 4.12. The minimum Gasteiger partial charge on any atom is -0.352 e. The van der Waals surface area contributed by atoms with Crippen LogP contribution in [0.2, 0.25) is 0 Å². The summed E-state index contributed by atoms with van der Waals surface area (Å²) in [6.07, 6.45) is 0. The maximum Gasteiger partial charge on any atom is 0.191 e. The molecular weight excluding hydrogens is 347 g/mol. The first-order valence-electron chi connectivity index (χ1n) is 8.35. The minimum atomic E-state index is -0.186. The molecule has 0 radical (unpaired) electrons. The van der Waals surface area contributed by atoms with Crippen molar-refractivity contribution in [3.8, 4) is 11.3 Å². The molecule has 0 fully saturated rings. The van der Waals surface area contributed by atoms with Crippen LogP contribution in [0.3, 0.4) is 0 Å². The Morgan fingerprint density at radius 1 is 1.12 bits per heavy atom. The Balaban J connectivity index is 1.54. The second kappa shape index (κ2) is 8.58. The van der Waals surface area contributed by atoms with Gasteiger partial charge in [0.2, 0.25) is 0 Å². The Morgan fingerprint density at radius 3 is 2.62 bits per heavy atom. The highest BCUT2D eigenvalue weighted by Crippen LogP contribution is 2.21. The third kappa shape index (κ3) is 4.67. The van der Waals surface area contributed by atoms with Crippen LogP contribution in [0.1, 0.15) is 16.1 Å². The van der Waals surface area contributed by atoms with Crippen LogP contribution >= 0.6 is 11.3 Å². The number of benzene rings is 2. The molecule has 0 bridgehead atoms. The zero-order valence-electron chi connectivity index (χ0n) is 14.8. The van der Waals surface area contributed by atoms with Crippen LogP contribution in [-0.4, -0.2) is 18.0 Å². The summed E-state index contributed by atoms with van der Waals surface area (Å²) in [6.45, 7) is 2.94. The summed E-state index contributed by atoms with van der Waals surface area (Å²) >= 11 is 1.62. The standard InChI is InChI=1S/C20H21FN4S/c1-14-10-15(8-9-17(14)21)11-23-20(22-2)24-12-19-25-18(13-26-19)16-6-4-3-5-7-16/h3-10,13H,11-12H2,1-2H3,(H2,22,23,24). The van der Waals surface area contributed by atoms with Crippen LogP contribution in [0, 0.1) is 12.7 Å². The fourth-order valence-electron chi connectivity index (χ4n) is 2.52. The van der Waals surface area contributed by atoms with Gasteiger partial charge < -0.3 is 10.6 Å². The van der Waals surface area contributed by atoms with Crippen molar-refractivity contribution in [2.24, 2.45) is 4.99 Å². The molecule has 0 spiro atoms. The first kappa shape index (κ1) is 18.1. The van der Waals surface area contributed by atoms with E-state index in [2.05, 4.69) is 38.1 Å². The highest BCUT2D eigenvalue weighted by atomic mass is 32.1. The smallest absolute Gasteiger partial charge is 0.191 e. The van der Waals surface area contributed by atoms with Gasteiger partial charge in [0, 0.05) is 24.5 Å². The Kier molecular flexibility index (Phi) is 5.96. The van der Waals surface area contributed by atoms with E-state index in [1.807, 2.05) is 24.3 Å². The summed E-state index contributed by atoms with van der Waals surface area (Å²) in [7, 11) is 1.72. The number of guanidine groups is 1. The third-order valence-corrected chi connectivity index (χ3v) is 4.78. The highest BCUT2D eigenvalue weighted by molar-refractivity contribution is 7.09. The summed E-state index contributed by atoms with van der Waals surface area (Å²) in [5, 5.41) is 9.54. The average Bonchev–Trinajstić information content (AvgIpc) is 3.14. The molecule has 134 valence electrons. The lowest BCUT2D eigenvalue weighted by Crippen LogP contribution is -2.36. The molecule has 0 amide bonds. The molecule has 1 heterocycles. The number of hydrogen-bond donors (Lipinski definition) is 2. The summed E-state index contributed by atoms with van der Waals surface area (Å²) in [5.41, 5.74) is 3.75. The van der Waals surface area contributed by atoms with Crippen molar-refractivity contribution in [2.75, 3.05) is 7.05 Å². The lowest BCUT2D eigenvalue weighted by Gasteiger charge is -2.11. The first-order chi connectivity index (χ1) is 12.7. The quantitative estimate of drug-likeness (QED) is 0.526. The van der Waals surface area contributed by atoms with Crippen molar-refractivity contribution in [2.45, 2.75) is 20.0 Å². The van der Waals surface area contributed by atoms with E-state index >= 15 is 0 Å². The van der Waals surface area contributed by atoms with E-state index in [9.17, 15) is 4.39 Å². The molecule has 3 aromatic rings. The van der Waals surface area contributed by atoms with Gasteiger partial charge in [0.05, 0.1) is 12.2 Å². The fraction of sp³-hybridized carbons (Fsp3) is 0.200. The van der Waals surface area contributed by atoms with Crippen LogP contribution in [0.5, 0.6) is 0 Å². The molecule has 0 saturated heterocycles. The van der Waals surface area contributed by atoms with E-state index in [-0.39, 0.29) is 5.82 Å². The number of nitrogens with zero attached hydrogens (tertiary/aromatic N) is 2. The van der Waals surface area contributed by atoms with Gasteiger partial charge in [0.1, 0.15) is 10.8 Å². The second-order valence-electron chi connectivity index (χ2n) is 5.86. The lowest BCUT2D eigenvalue weighted by atomic mass is 10.1. The molecular formula is C20H21FN4S. The first-order valence-corrected chi connectivity index (χ1v) is 9.23. The largest absolute Gasteiger partial charge is 0.352 e. The zero-order valence-corrected chi connectivity index (χ0v) is 15.6. The van der Waals surface area contributed by atoms with Gasteiger partial charge in [0.15, 0.2) is 5.96 Å². The van der Waals surface area contributed by atoms with Crippen LogP contribution in [0.15, 0.2) is 58.9 Å². The molecule has 4 nitrogen and oxygen atoms in total. The molecule has 0 unspecified atom stereocenters. The fourth-order valence-corrected chi connectivity index (χ4v) is 3.26. The summed E-state index contributed by atoms with van der Waals surface area (Å²) in [4.78, 5) is 8.88. The van der Waals surface area contributed by atoms with Gasteiger partial charge in [-0.3, -0.25) is 4.99 Å². The maximum atomic E-state index is 13.3. The Morgan fingerprint density at radius 2 is 1.88 bits per heavy atom. The summed E-state index contributed by atoms with van der Waals surface area (Å²) < 4.78 is 13.3. The summed E-state index contributed by atoms with van der Waals surface area (Å²) in [6, 6.07) is 15.2. The second-order valence-corrected chi connectivity index (χ2v) is 6.80. The van der Waals surface area contributed by atoms with Crippen molar-refractivity contribution in [1.82, 2.24) is 15.6 Å². The molecule has 0 aliphatic carbocycles. The highest BCUT2D eigenvalue weighted by Gasteiger charge is 2.06. The zero-order chi connectivity index (χ0) is 18.4. The number of halogens is 1. The molecule has 2 aromatic carbocycles. The van der Waals surface area contributed by atoms with Gasteiger partial charge in [-0.05, 0) is 24.1 Å². The van der Waals surface area contributed by atoms with E-state index in [0.29, 0.717) is 24.6 Å². The third-order valence-electron chi connectivity index (χ3n) is 3.93. The van der Waals surface area contributed by atoms with Crippen molar-refractivity contribution in [3.63, 3.8) is 0 Å². The molecule has 0 aliphatic heterocycles. The lowest BCUT2D eigenvalue weighted by molar-refractivity contribution is 0.617. The number of nitrogens with one attached hydrogen (secondary N) is 2. The van der Waals surface area contributed by atoms with E-state index < -0.39 is 0 Å². The van der Waals surface area contributed by atoms with Gasteiger partial charge >= 0.3 is 0 Å². The van der Waals surface area contributed by atoms with Crippen molar-refractivity contribution < 1.29 is 4.39 Å². The van der Waals surface area contributed by atoms with E-state index in [0.717, 1.165) is 21.8 Å². The molecule has 6 heteroatoms. The predicted molar refractivity (Wildman–Crippen MR) is 106 cm³/mol. The number of rotatable bonds is 5. The van der Waals surface area contributed by atoms with Crippen LogP contribution in [-0.2, 0) is 13.1 Å². The summed E-state index contributed by atoms with van der Waals surface area (Å²) in [5.74, 6) is 0.498.